The number of halogens is 2. The molecule has 0 radical (unpaired) electrons. The molecule has 0 saturated carbocycles. The maximum Gasteiger partial charge on any atom is 0.202 e. The molecule has 0 spiro atoms. The Morgan fingerprint density at radius 1 is 1.00 bits per heavy atom. The molecule has 30 heavy (non-hydrogen) atoms. The van der Waals surface area contributed by atoms with Gasteiger partial charge in [-0.05, 0) is 80.2 Å². The van der Waals surface area contributed by atoms with Crippen LogP contribution in [0.5, 0.6) is 0 Å². The lowest BCUT2D eigenvalue weighted by atomic mass is 10.2. The Labute approximate surface area is 182 Å². The van der Waals surface area contributed by atoms with Crippen molar-refractivity contribution in [2.45, 2.75) is 29.6 Å². The number of likely N-dealkylation sites (tertiary alicyclic amines) is 1. The zero-order valence-electron chi connectivity index (χ0n) is 16.0. The van der Waals surface area contributed by atoms with Crippen molar-refractivity contribution in [3.05, 3.63) is 65.5 Å². The van der Waals surface area contributed by atoms with E-state index in [4.69, 9.17) is 11.6 Å². The van der Waals surface area contributed by atoms with Crippen molar-refractivity contribution in [1.29, 1.82) is 0 Å². The fraction of sp³-hybridized carbons (Fsp3) is 0.238. The molecule has 5 rings (SSSR count). The molecular formula is C21H18ClFN6S. The van der Waals surface area contributed by atoms with Gasteiger partial charge in [-0.3, -0.25) is 9.47 Å². The summed E-state index contributed by atoms with van der Waals surface area (Å²) in [6.45, 7) is 2.84. The van der Waals surface area contributed by atoms with Crippen LogP contribution in [0.15, 0.2) is 59.0 Å². The smallest absolute Gasteiger partial charge is 0.202 e. The predicted octanol–water partition coefficient (Wildman–Crippen LogP) is 4.75. The highest BCUT2D eigenvalue weighted by atomic mass is 35.5. The number of aromatic nitrogens is 5. The van der Waals surface area contributed by atoms with Crippen LogP contribution in [0.4, 0.5) is 4.39 Å². The minimum absolute atomic E-state index is 0.326. The Hall–Kier alpha value is -2.55. The second-order valence-electron chi connectivity index (χ2n) is 7.14. The minimum Gasteiger partial charge on any atom is -0.296 e. The molecule has 2 aromatic carbocycles. The van der Waals surface area contributed by atoms with Gasteiger partial charge in [-0.25, -0.2) is 14.4 Å². The summed E-state index contributed by atoms with van der Waals surface area (Å²) in [5.74, 6) is 0.527. The van der Waals surface area contributed by atoms with E-state index in [2.05, 4.69) is 25.1 Å². The van der Waals surface area contributed by atoms with E-state index in [1.54, 1.807) is 6.07 Å². The summed E-state index contributed by atoms with van der Waals surface area (Å²) in [6, 6.07) is 12.1. The summed E-state index contributed by atoms with van der Waals surface area (Å²) in [4.78, 5) is 11.0. The van der Waals surface area contributed by atoms with Crippen molar-refractivity contribution >= 4 is 34.3 Å². The quantitative estimate of drug-likeness (QED) is 0.417. The van der Waals surface area contributed by atoms with Gasteiger partial charge in [0.25, 0.3) is 0 Å². The molecule has 2 aromatic heterocycles. The summed E-state index contributed by atoms with van der Waals surface area (Å²) in [5, 5.41) is 11.5. The first-order valence-electron chi connectivity index (χ1n) is 9.68. The third-order valence-corrected chi connectivity index (χ3v) is 6.32. The lowest BCUT2D eigenvalue weighted by molar-refractivity contribution is 0.319. The second kappa shape index (κ2) is 8.29. The van der Waals surface area contributed by atoms with Crippen molar-refractivity contribution in [2.75, 3.05) is 13.1 Å². The first-order valence-corrected chi connectivity index (χ1v) is 10.9. The van der Waals surface area contributed by atoms with Crippen molar-refractivity contribution in [3.8, 4) is 5.69 Å². The molecule has 0 unspecified atom stereocenters. The van der Waals surface area contributed by atoms with E-state index in [0.29, 0.717) is 26.1 Å². The molecule has 6 nitrogen and oxygen atoms in total. The van der Waals surface area contributed by atoms with Gasteiger partial charge in [0.2, 0.25) is 5.16 Å². The van der Waals surface area contributed by atoms with Gasteiger partial charge in [0, 0.05) is 16.1 Å². The first-order chi connectivity index (χ1) is 14.7. The van der Waals surface area contributed by atoms with Gasteiger partial charge in [-0.2, -0.15) is 0 Å². The fourth-order valence-corrected chi connectivity index (χ4v) is 4.69. The number of fused-ring (bicyclic) bond motifs is 1. The maximum absolute atomic E-state index is 13.9. The van der Waals surface area contributed by atoms with Gasteiger partial charge < -0.3 is 0 Å². The summed E-state index contributed by atoms with van der Waals surface area (Å²) >= 11 is 7.44. The minimum atomic E-state index is -0.326. The van der Waals surface area contributed by atoms with Crippen LogP contribution >= 0.6 is 23.4 Å². The van der Waals surface area contributed by atoms with E-state index >= 15 is 0 Å². The van der Waals surface area contributed by atoms with Crippen molar-refractivity contribution in [2.24, 2.45) is 0 Å². The van der Waals surface area contributed by atoms with Gasteiger partial charge in [-0.15, -0.1) is 10.2 Å². The van der Waals surface area contributed by atoms with Crippen LogP contribution in [0, 0.1) is 5.82 Å². The Kier molecular flexibility index (Phi) is 5.37. The van der Waals surface area contributed by atoms with Crippen LogP contribution in [0.2, 0.25) is 5.02 Å². The second-order valence-corrected chi connectivity index (χ2v) is 8.53. The lowest BCUT2D eigenvalue weighted by Crippen LogP contribution is -2.21. The monoisotopic (exact) mass is 440 g/mol. The molecule has 0 atom stereocenters. The molecule has 0 amide bonds. The van der Waals surface area contributed by atoms with Crippen LogP contribution in [0.3, 0.4) is 0 Å². The summed E-state index contributed by atoms with van der Waals surface area (Å²) in [6.07, 6.45) is 3.89. The lowest BCUT2D eigenvalue weighted by Gasteiger charge is -2.16. The van der Waals surface area contributed by atoms with Gasteiger partial charge in [-0.1, -0.05) is 11.6 Å². The molecule has 1 aliphatic heterocycles. The summed E-state index contributed by atoms with van der Waals surface area (Å²) in [5.41, 5.74) is 1.61. The van der Waals surface area contributed by atoms with E-state index < -0.39 is 0 Å². The van der Waals surface area contributed by atoms with E-state index in [-0.39, 0.29) is 5.82 Å². The van der Waals surface area contributed by atoms with Crippen LogP contribution in [-0.4, -0.2) is 42.7 Å². The van der Waals surface area contributed by atoms with Crippen LogP contribution < -0.4 is 0 Å². The van der Waals surface area contributed by atoms with Gasteiger partial charge in [0.1, 0.15) is 17.2 Å². The van der Waals surface area contributed by atoms with Crippen molar-refractivity contribution in [3.63, 3.8) is 0 Å². The van der Waals surface area contributed by atoms with Crippen LogP contribution in [0.25, 0.3) is 16.6 Å². The third-order valence-electron chi connectivity index (χ3n) is 5.10. The molecule has 1 aliphatic rings. The third kappa shape index (κ3) is 3.90. The summed E-state index contributed by atoms with van der Waals surface area (Å²) < 4.78 is 15.9. The van der Waals surface area contributed by atoms with Crippen molar-refractivity contribution < 1.29 is 4.39 Å². The van der Waals surface area contributed by atoms with E-state index in [9.17, 15) is 4.39 Å². The highest BCUT2D eigenvalue weighted by Gasteiger charge is 2.21. The largest absolute Gasteiger partial charge is 0.296 e. The predicted molar refractivity (Wildman–Crippen MR) is 114 cm³/mol. The zero-order chi connectivity index (χ0) is 20.5. The van der Waals surface area contributed by atoms with Crippen LogP contribution in [-0.2, 0) is 6.54 Å². The Morgan fingerprint density at radius 2 is 1.80 bits per heavy atom. The Balaban J connectivity index is 1.57. The van der Waals surface area contributed by atoms with E-state index in [1.807, 2.05) is 28.8 Å². The van der Waals surface area contributed by atoms with E-state index in [0.717, 1.165) is 31.1 Å². The highest BCUT2D eigenvalue weighted by Crippen LogP contribution is 2.33. The molecule has 9 heteroatoms. The molecule has 4 aromatic rings. The highest BCUT2D eigenvalue weighted by molar-refractivity contribution is 7.99. The average molecular weight is 441 g/mol. The van der Waals surface area contributed by atoms with E-state index in [1.165, 1.54) is 43.1 Å². The van der Waals surface area contributed by atoms with Crippen LogP contribution in [0.1, 0.15) is 18.7 Å². The number of hydrogen-bond donors (Lipinski definition) is 0. The molecule has 1 fully saturated rings. The summed E-state index contributed by atoms with van der Waals surface area (Å²) in [7, 11) is 0. The molecule has 0 bridgehead atoms. The normalized spacial score (nSPS) is 14.6. The topological polar surface area (TPSA) is 59.7 Å². The SMILES string of the molecule is Fc1ccc2ncnc(Sc3nnc(CN4CCCC4)n3-c3ccc(Cl)cc3)c2c1. The zero-order valence-corrected chi connectivity index (χ0v) is 17.6. The fourth-order valence-electron chi connectivity index (χ4n) is 3.63. The molecule has 152 valence electrons. The number of benzene rings is 2. The average Bonchev–Trinajstić information content (AvgIpc) is 3.40. The number of nitrogens with zero attached hydrogens (tertiary/aromatic N) is 6. The maximum atomic E-state index is 13.9. The first kappa shape index (κ1) is 19.4. The number of hydrogen-bond acceptors (Lipinski definition) is 6. The molecular weight excluding hydrogens is 423 g/mol. The number of rotatable bonds is 5. The van der Waals surface area contributed by atoms with Gasteiger partial charge >= 0.3 is 0 Å². The van der Waals surface area contributed by atoms with Crippen molar-refractivity contribution in [1.82, 2.24) is 29.6 Å². The molecule has 0 aliphatic carbocycles. The molecule has 0 N–H and O–H groups in total. The molecule has 1 saturated heterocycles. The van der Waals surface area contributed by atoms with Gasteiger partial charge in [0.05, 0.1) is 12.1 Å². The standard InChI is InChI=1S/C21H18ClFN6S/c22-14-3-6-16(7-4-14)29-19(12-28-9-1-2-10-28)26-27-21(29)30-20-17-11-15(23)5-8-18(17)24-13-25-20/h3-8,11,13H,1-2,9-10,12H2. The molecule has 3 heterocycles. The van der Waals surface area contributed by atoms with Gasteiger partial charge in [0.15, 0.2) is 5.82 Å². The Bertz CT molecular complexity index is 1190. The Morgan fingerprint density at radius 3 is 2.60 bits per heavy atom.